The third-order valence-electron chi connectivity index (χ3n) is 5.20. The summed E-state index contributed by atoms with van der Waals surface area (Å²) in [5.41, 5.74) is 3.82. The van der Waals surface area contributed by atoms with Crippen molar-refractivity contribution in [1.82, 2.24) is 24.6 Å². The van der Waals surface area contributed by atoms with E-state index in [1.165, 1.54) is 0 Å². The number of carbonyl (C=O) groups excluding carboxylic acids is 1. The quantitative estimate of drug-likeness (QED) is 0.710. The summed E-state index contributed by atoms with van der Waals surface area (Å²) in [5.74, 6) is 1.30. The van der Waals surface area contributed by atoms with Gasteiger partial charge in [0.05, 0.1) is 23.3 Å². The first-order chi connectivity index (χ1) is 13.1. The fourth-order valence-corrected chi connectivity index (χ4v) is 3.73. The summed E-state index contributed by atoms with van der Waals surface area (Å²) < 4.78 is 7.09. The normalized spacial score (nSPS) is 15.3. The minimum Gasteiger partial charge on any atom is -0.361 e. The zero-order valence-electron chi connectivity index (χ0n) is 15.6. The van der Waals surface area contributed by atoms with Crippen molar-refractivity contribution in [2.45, 2.75) is 39.2 Å². The standard InChI is InChI=1S/C20H23N5O2/c1-14-20(15(2)27-23-14)18-5-3-4-17(22-18)16-6-9-25(10-7-16)19(26)12-24-11-8-21-13-24/h3-5,8,11,13,16H,6-7,9-10,12H2,1-2H3. The number of carbonyl (C=O) groups is 1. The van der Waals surface area contributed by atoms with E-state index in [1.54, 1.807) is 12.5 Å². The molecule has 0 aromatic carbocycles. The number of amides is 1. The molecule has 3 aromatic rings. The topological polar surface area (TPSA) is 77.0 Å². The largest absolute Gasteiger partial charge is 0.361 e. The summed E-state index contributed by atoms with van der Waals surface area (Å²) >= 11 is 0. The first-order valence-electron chi connectivity index (χ1n) is 9.25. The van der Waals surface area contributed by atoms with Gasteiger partial charge in [-0.2, -0.15) is 0 Å². The van der Waals surface area contributed by atoms with Crippen LogP contribution >= 0.6 is 0 Å². The first kappa shape index (κ1) is 17.5. The third kappa shape index (κ3) is 3.63. The minimum absolute atomic E-state index is 0.142. The molecule has 0 unspecified atom stereocenters. The zero-order chi connectivity index (χ0) is 18.8. The predicted octanol–water partition coefficient (Wildman–Crippen LogP) is 2.96. The number of aromatic nitrogens is 4. The summed E-state index contributed by atoms with van der Waals surface area (Å²) in [7, 11) is 0. The number of pyridine rings is 1. The van der Waals surface area contributed by atoms with Gasteiger partial charge in [0, 0.05) is 37.1 Å². The molecule has 7 heteroatoms. The SMILES string of the molecule is Cc1noc(C)c1-c1cccc(C2CCN(C(=O)Cn3ccnc3)CC2)n1. The number of imidazole rings is 1. The summed E-state index contributed by atoms with van der Waals surface area (Å²) in [6.45, 7) is 5.72. The van der Waals surface area contributed by atoms with E-state index in [0.29, 0.717) is 12.5 Å². The molecule has 1 aliphatic heterocycles. The number of likely N-dealkylation sites (tertiary alicyclic amines) is 1. The highest BCUT2D eigenvalue weighted by molar-refractivity contribution is 5.76. The Morgan fingerprint density at radius 3 is 2.74 bits per heavy atom. The summed E-state index contributed by atoms with van der Waals surface area (Å²) in [6, 6.07) is 6.12. The molecule has 0 spiro atoms. The van der Waals surface area contributed by atoms with Crippen molar-refractivity contribution in [3.63, 3.8) is 0 Å². The smallest absolute Gasteiger partial charge is 0.242 e. The number of rotatable bonds is 4. The monoisotopic (exact) mass is 365 g/mol. The van der Waals surface area contributed by atoms with Crippen molar-refractivity contribution in [3.8, 4) is 11.3 Å². The van der Waals surface area contributed by atoms with E-state index in [9.17, 15) is 4.79 Å². The molecule has 27 heavy (non-hydrogen) atoms. The maximum absolute atomic E-state index is 12.4. The molecule has 1 saturated heterocycles. The van der Waals surface area contributed by atoms with Crippen LogP contribution in [0.4, 0.5) is 0 Å². The van der Waals surface area contributed by atoms with Gasteiger partial charge in [-0.1, -0.05) is 11.2 Å². The highest BCUT2D eigenvalue weighted by Crippen LogP contribution is 2.30. The van der Waals surface area contributed by atoms with E-state index < -0.39 is 0 Å². The van der Waals surface area contributed by atoms with Gasteiger partial charge in [-0.3, -0.25) is 9.78 Å². The van der Waals surface area contributed by atoms with Crippen molar-refractivity contribution in [1.29, 1.82) is 0 Å². The van der Waals surface area contributed by atoms with Crippen LogP contribution in [-0.4, -0.2) is 43.6 Å². The van der Waals surface area contributed by atoms with Crippen molar-refractivity contribution < 1.29 is 9.32 Å². The number of aryl methyl sites for hydroxylation is 2. The lowest BCUT2D eigenvalue weighted by Crippen LogP contribution is -2.39. The Morgan fingerprint density at radius 2 is 2.07 bits per heavy atom. The molecular formula is C20H23N5O2. The molecule has 0 radical (unpaired) electrons. The van der Waals surface area contributed by atoms with Crippen LogP contribution in [-0.2, 0) is 11.3 Å². The average Bonchev–Trinajstić information content (AvgIpc) is 3.31. The van der Waals surface area contributed by atoms with E-state index in [-0.39, 0.29) is 5.91 Å². The van der Waals surface area contributed by atoms with Gasteiger partial charge in [-0.05, 0) is 38.8 Å². The van der Waals surface area contributed by atoms with E-state index in [2.05, 4.69) is 16.2 Å². The predicted molar refractivity (Wildman–Crippen MR) is 100.0 cm³/mol. The van der Waals surface area contributed by atoms with Crippen LogP contribution in [0.25, 0.3) is 11.3 Å². The maximum atomic E-state index is 12.4. The Labute approximate surface area is 158 Å². The molecule has 140 valence electrons. The van der Waals surface area contributed by atoms with Crippen LogP contribution in [0.2, 0.25) is 0 Å². The van der Waals surface area contributed by atoms with Crippen LogP contribution in [0.5, 0.6) is 0 Å². The van der Waals surface area contributed by atoms with Gasteiger partial charge in [0.1, 0.15) is 12.3 Å². The molecule has 4 heterocycles. The molecule has 0 bridgehead atoms. The number of hydrogen-bond donors (Lipinski definition) is 0. The van der Waals surface area contributed by atoms with Crippen molar-refractivity contribution >= 4 is 5.91 Å². The molecule has 1 fully saturated rings. The lowest BCUT2D eigenvalue weighted by Gasteiger charge is -2.32. The fourth-order valence-electron chi connectivity index (χ4n) is 3.73. The molecule has 0 N–H and O–H groups in total. The molecule has 0 aliphatic carbocycles. The van der Waals surface area contributed by atoms with Crippen LogP contribution in [0.15, 0.2) is 41.4 Å². The van der Waals surface area contributed by atoms with Crippen molar-refractivity contribution in [2.75, 3.05) is 13.1 Å². The van der Waals surface area contributed by atoms with E-state index in [4.69, 9.17) is 9.51 Å². The molecule has 0 atom stereocenters. The number of piperidine rings is 1. The average molecular weight is 365 g/mol. The van der Waals surface area contributed by atoms with Crippen molar-refractivity contribution in [3.05, 3.63) is 54.1 Å². The Hall–Kier alpha value is -2.96. The highest BCUT2D eigenvalue weighted by atomic mass is 16.5. The van der Waals surface area contributed by atoms with Gasteiger partial charge in [0.15, 0.2) is 0 Å². The van der Waals surface area contributed by atoms with E-state index in [1.807, 2.05) is 41.6 Å². The molecule has 1 amide bonds. The second-order valence-corrected chi connectivity index (χ2v) is 7.04. The maximum Gasteiger partial charge on any atom is 0.242 e. The molecule has 1 aliphatic rings. The van der Waals surface area contributed by atoms with Gasteiger partial charge in [0.25, 0.3) is 0 Å². The second kappa shape index (κ2) is 7.34. The zero-order valence-corrected chi connectivity index (χ0v) is 15.6. The lowest BCUT2D eigenvalue weighted by atomic mass is 9.92. The van der Waals surface area contributed by atoms with Crippen LogP contribution in [0.1, 0.15) is 35.9 Å². The first-order valence-corrected chi connectivity index (χ1v) is 9.25. The van der Waals surface area contributed by atoms with Gasteiger partial charge < -0.3 is 14.0 Å². The lowest BCUT2D eigenvalue weighted by molar-refractivity contribution is -0.132. The summed E-state index contributed by atoms with van der Waals surface area (Å²) in [4.78, 5) is 23.2. The Balaban J connectivity index is 1.43. The fraction of sp³-hybridized carbons (Fsp3) is 0.400. The molecule has 4 rings (SSSR count). The Kier molecular flexibility index (Phi) is 4.75. The van der Waals surface area contributed by atoms with Gasteiger partial charge >= 0.3 is 0 Å². The second-order valence-electron chi connectivity index (χ2n) is 7.04. The van der Waals surface area contributed by atoms with Crippen LogP contribution in [0, 0.1) is 13.8 Å². The Bertz CT molecular complexity index is 904. The number of hydrogen-bond acceptors (Lipinski definition) is 5. The highest BCUT2D eigenvalue weighted by Gasteiger charge is 2.25. The van der Waals surface area contributed by atoms with Crippen LogP contribution in [0.3, 0.4) is 0 Å². The van der Waals surface area contributed by atoms with Crippen LogP contribution < -0.4 is 0 Å². The van der Waals surface area contributed by atoms with Gasteiger partial charge in [-0.15, -0.1) is 0 Å². The Morgan fingerprint density at radius 1 is 1.26 bits per heavy atom. The van der Waals surface area contributed by atoms with E-state index in [0.717, 1.165) is 54.3 Å². The molecule has 0 saturated carbocycles. The summed E-state index contributed by atoms with van der Waals surface area (Å²) in [6.07, 6.45) is 7.03. The van der Waals surface area contributed by atoms with E-state index >= 15 is 0 Å². The third-order valence-corrected chi connectivity index (χ3v) is 5.20. The number of nitrogens with zero attached hydrogens (tertiary/aromatic N) is 5. The summed E-state index contributed by atoms with van der Waals surface area (Å²) in [5, 5.41) is 4.03. The van der Waals surface area contributed by atoms with Gasteiger partial charge in [-0.25, -0.2) is 4.98 Å². The molecular weight excluding hydrogens is 342 g/mol. The molecule has 7 nitrogen and oxygen atoms in total. The van der Waals surface area contributed by atoms with Crippen molar-refractivity contribution in [2.24, 2.45) is 0 Å². The molecule has 3 aromatic heterocycles. The van der Waals surface area contributed by atoms with Gasteiger partial charge in [0.2, 0.25) is 5.91 Å². The minimum atomic E-state index is 0.142.